The van der Waals surface area contributed by atoms with Crippen LogP contribution in [0.25, 0.3) is 0 Å². The van der Waals surface area contributed by atoms with E-state index in [0.717, 1.165) is 0 Å². The minimum absolute atomic E-state index is 0.0485. The van der Waals surface area contributed by atoms with E-state index in [1.165, 1.54) is 0 Å². The van der Waals surface area contributed by atoms with Crippen LogP contribution in [0.2, 0.25) is 0 Å². The van der Waals surface area contributed by atoms with Crippen molar-refractivity contribution in [2.24, 2.45) is 0 Å². The molecule has 0 bridgehead atoms. The van der Waals surface area contributed by atoms with E-state index < -0.39 is 11.2 Å². The van der Waals surface area contributed by atoms with Gasteiger partial charge in [0.05, 0.1) is 6.42 Å². The summed E-state index contributed by atoms with van der Waals surface area (Å²) in [5.74, 6) is -0.786. The number of rotatable bonds is 3. The van der Waals surface area contributed by atoms with Crippen molar-refractivity contribution in [1.82, 2.24) is 5.32 Å². The Bertz CT molecular complexity index is 183. The summed E-state index contributed by atoms with van der Waals surface area (Å²) in [5.41, 5.74) is 0. The first-order valence-electron chi connectivity index (χ1n) is 2.71. The molecule has 1 aliphatic heterocycles. The molecule has 1 aliphatic rings. The molecular formula is C4H5NO5S. The van der Waals surface area contributed by atoms with E-state index in [-0.39, 0.29) is 12.3 Å². The van der Waals surface area contributed by atoms with Gasteiger partial charge in [-0.3, -0.25) is 14.9 Å². The van der Waals surface area contributed by atoms with E-state index in [2.05, 4.69) is 14.7 Å². The quantitative estimate of drug-likeness (QED) is 0.262. The second-order valence-electron chi connectivity index (χ2n) is 1.84. The number of imide groups is 1. The zero-order chi connectivity index (χ0) is 8.27. The van der Waals surface area contributed by atoms with Crippen molar-refractivity contribution in [3.05, 3.63) is 0 Å². The zero-order valence-corrected chi connectivity index (χ0v) is 6.09. The van der Waals surface area contributed by atoms with Gasteiger partial charge < -0.3 is 0 Å². The van der Waals surface area contributed by atoms with E-state index in [1.54, 1.807) is 0 Å². The molecule has 1 atom stereocenters. The lowest BCUT2D eigenvalue weighted by atomic mass is 10.4. The standard InChI is InChI=1S/C4H5NO5S/c6-3-1-2(4(7)5-3)11-10-9-8/h2,8H,1H2,(H,5,6,7). The van der Waals surface area contributed by atoms with E-state index in [9.17, 15) is 9.59 Å². The van der Waals surface area contributed by atoms with Crippen molar-refractivity contribution < 1.29 is 24.2 Å². The Labute approximate surface area is 65.9 Å². The minimum Gasteiger partial charge on any atom is -0.295 e. The predicted molar refractivity (Wildman–Crippen MR) is 33.9 cm³/mol. The van der Waals surface area contributed by atoms with E-state index in [4.69, 9.17) is 5.26 Å². The summed E-state index contributed by atoms with van der Waals surface area (Å²) >= 11 is 0.591. The average Bonchev–Trinajstić information content (AvgIpc) is 2.26. The lowest BCUT2D eigenvalue weighted by Gasteiger charge is -1.99. The van der Waals surface area contributed by atoms with Gasteiger partial charge in [0.1, 0.15) is 5.25 Å². The fraction of sp³-hybridized carbons (Fsp3) is 0.500. The third kappa shape index (κ3) is 2.15. The highest BCUT2D eigenvalue weighted by atomic mass is 32.2. The van der Waals surface area contributed by atoms with Gasteiger partial charge in [0.15, 0.2) is 0 Å². The van der Waals surface area contributed by atoms with Crippen molar-refractivity contribution in [2.45, 2.75) is 11.7 Å². The maximum Gasteiger partial charge on any atom is 0.242 e. The molecule has 62 valence electrons. The van der Waals surface area contributed by atoms with Crippen molar-refractivity contribution in [1.29, 1.82) is 0 Å². The Morgan fingerprint density at radius 2 is 2.36 bits per heavy atom. The van der Waals surface area contributed by atoms with Gasteiger partial charge in [-0.15, -0.1) is 4.33 Å². The lowest BCUT2D eigenvalue weighted by molar-refractivity contribution is -0.432. The first kappa shape index (κ1) is 8.47. The Kier molecular flexibility index (Phi) is 2.83. The summed E-state index contributed by atoms with van der Waals surface area (Å²) in [6.07, 6.45) is 0.0485. The average molecular weight is 179 g/mol. The maximum atomic E-state index is 10.7. The molecule has 1 fully saturated rings. The van der Waals surface area contributed by atoms with Gasteiger partial charge in [0, 0.05) is 12.0 Å². The SMILES string of the molecule is O=C1CC(SOOO)C(=O)N1. The largest absolute Gasteiger partial charge is 0.295 e. The summed E-state index contributed by atoms with van der Waals surface area (Å²) in [4.78, 5) is 21.2. The number of amides is 2. The monoisotopic (exact) mass is 179 g/mol. The van der Waals surface area contributed by atoms with Gasteiger partial charge in [-0.1, -0.05) is 5.04 Å². The Morgan fingerprint density at radius 1 is 1.64 bits per heavy atom. The number of carbonyl (C=O) groups excluding carboxylic acids is 2. The van der Waals surface area contributed by atoms with Crippen molar-refractivity contribution in [3.8, 4) is 0 Å². The summed E-state index contributed by atoms with van der Waals surface area (Å²) in [6.45, 7) is 0. The Hall–Kier alpha value is -0.630. The number of carbonyl (C=O) groups is 2. The van der Waals surface area contributed by atoms with Crippen LogP contribution in [0.3, 0.4) is 0 Å². The molecule has 0 saturated carbocycles. The number of hydrogen-bond donors (Lipinski definition) is 2. The van der Waals surface area contributed by atoms with Crippen molar-refractivity contribution >= 4 is 23.9 Å². The van der Waals surface area contributed by atoms with Crippen LogP contribution < -0.4 is 5.32 Å². The normalized spacial score (nSPS) is 23.9. The molecule has 2 N–H and O–H groups in total. The van der Waals surface area contributed by atoms with E-state index in [0.29, 0.717) is 12.0 Å². The molecular weight excluding hydrogens is 174 g/mol. The van der Waals surface area contributed by atoms with Crippen molar-refractivity contribution in [3.63, 3.8) is 0 Å². The molecule has 0 aliphatic carbocycles. The molecule has 0 spiro atoms. The van der Waals surface area contributed by atoms with Gasteiger partial charge in [0.25, 0.3) is 0 Å². The molecule has 7 heteroatoms. The smallest absolute Gasteiger partial charge is 0.242 e. The zero-order valence-electron chi connectivity index (χ0n) is 5.27. The van der Waals surface area contributed by atoms with Crippen LogP contribution in [0, 0.1) is 0 Å². The van der Waals surface area contributed by atoms with Gasteiger partial charge >= 0.3 is 0 Å². The highest BCUT2D eigenvalue weighted by Crippen LogP contribution is 2.19. The molecule has 1 heterocycles. The van der Waals surface area contributed by atoms with Crippen LogP contribution in [0.4, 0.5) is 0 Å². The molecule has 0 radical (unpaired) electrons. The number of hydrogen-bond acceptors (Lipinski definition) is 6. The van der Waals surface area contributed by atoms with Crippen LogP contribution in [0.15, 0.2) is 0 Å². The van der Waals surface area contributed by atoms with Gasteiger partial charge in [-0.25, -0.2) is 5.26 Å². The summed E-state index contributed by atoms with van der Waals surface area (Å²) in [5, 5.41) is 12.4. The molecule has 0 aromatic carbocycles. The van der Waals surface area contributed by atoms with Gasteiger partial charge in [0.2, 0.25) is 11.8 Å². The summed E-state index contributed by atoms with van der Waals surface area (Å²) in [7, 11) is 0. The van der Waals surface area contributed by atoms with Crippen LogP contribution in [0.5, 0.6) is 0 Å². The van der Waals surface area contributed by atoms with Crippen LogP contribution in [-0.4, -0.2) is 22.3 Å². The third-order valence-electron chi connectivity index (χ3n) is 1.11. The fourth-order valence-corrected chi connectivity index (χ4v) is 1.17. The molecule has 1 rings (SSSR count). The first-order valence-corrected chi connectivity index (χ1v) is 3.52. The lowest BCUT2D eigenvalue weighted by Crippen LogP contribution is -2.23. The molecule has 0 aromatic rings. The summed E-state index contributed by atoms with van der Waals surface area (Å²) < 4.78 is 4.00. The van der Waals surface area contributed by atoms with Crippen LogP contribution >= 0.6 is 12.0 Å². The highest BCUT2D eigenvalue weighted by Gasteiger charge is 2.32. The topological polar surface area (TPSA) is 84.9 Å². The summed E-state index contributed by atoms with van der Waals surface area (Å²) in [6, 6.07) is 0. The minimum atomic E-state index is -0.630. The number of nitrogens with one attached hydrogen (secondary N) is 1. The Morgan fingerprint density at radius 3 is 2.82 bits per heavy atom. The molecule has 1 saturated heterocycles. The van der Waals surface area contributed by atoms with Crippen LogP contribution in [0.1, 0.15) is 6.42 Å². The molecule has 1 unspecified atom stereocenters. The first-order chi connectivity index (χ1) is 5.24. The molecule has 6 nitrogen and oxygen atoms in total. The Balaban J connectivity index is 2.34. The predicted octanol–water partition coefficient (Wildman–Crippen LogP) is -0.529. The third-order valence-corrected chi connectivity index (χ3v) is 1.86. The van der Waals surface area contributed by atoms with E-state index >= 15 is 0 Å². The molecule has 11 heavy (non-hydrogen) atoms. The fourth-order valence-electron chi connectivity index (χ4n) is 0.673. The van der Waals surface area contributed by atoms with E-state index in [1.807, 2.05) is 0 Å². The maximum absolute atomic E-state index is 10.7. The van der Waals surface area contributed by atoms with Gasteiger partial charge in [-0.05, 0) is 0 Å². The second-order valence-corrected chi connectivity index (χ2v) is 2.74. The highest BCUT2D eigenvalue weighted by molar-refractivity contribution is 7.96. The molecule has 0 aromatic heterocycles. The van der Waals surface area contributed by atoms with Crippen LogP contribution in [-0.2, 0) is 19.0 Å². The second kappa shape index (κ2) is 3.67. The molecule has 2 amide bonds. The van der Waals surface area contributed by atoms with Crippen molar-refractivity contribution in [2.75, 3.05) is 0 Å². The van der Waals surface area contributed by atoms with Gasteiger partial charge in [-0.2, -0.15) is 0 Å².